The number of hydrogen-bond donors (Lipinski definition) is 3. The number of carbonyl (C=O) groups is 1. The van der Waals surface area contributed by atoms with Crippen LogP contribution in [0.25, 0.3) is 10.9 Å². The molecule has 4 N–H and O–H groups in total. The van der Waals surface area contributed by atoms with E-state index in [1.54, 1.807) is 16.8 Å². The molecular formula is C26H30F3N6OPo. The Morgan fingerprint density at radius 3 is 2.70 bits per heavy atom. The molecule has 0 aliphatic heterocycles. The third-order valence-corrected chi connectivity index (χ3v) is 9.18. The number of aryl methyl sites for hydroxylation is 1. The van der Waals surface area contributed by atoms with Gasteiger partial charge in [0.25, 0.3) is 0 Å². The number of pyridine rings is 1. The summed E-state index contributed by atoms with van der Waals surface area (Å²) in [5, 5.41) is 11.7. The Balaban J connectivity index is 1.30. The zero-order valence-electron chi connectivity index (χ0n) is 20.5. The van der Waals surface area contributed by atoms with Crippen molar-refractivity contribution >= 4 is 53.3 Å². The van der Waals surface area contributed by atoms with Gasteiger partial charge in [-0.15, -0.1) is 0 Å². The molecule has 2 aromatic heterocycles. The molecule has 1 radical (unpaired) electrons. The second kappa shape index (κ2) is 10.4. The van der Waals surface area contributed by atoms with Crippen LogP contribution in [0.4, 0.5) is 24.5 Å². The van der Waals surface area contributed by atoms with Gasteiger partial charge in [-0.3, -0.25) is 0 Å². The number of halogens is 3. The zero-order valence-corrected chi connectivity index (χ0v) is 23.7. The second-order valence-corrected chi connectivity index (χ2v) is 12.0. The quantitative estimate of drug-likeness (QED) is 0.306. The van der Waals surface area contributed by atoms with Crippen LogP contribution in [0.5, 0.6) is 0 Å². The number of rotatable bonds is 7. The van der Waals surface area contributed by atoms with Crippen molar-refractivity contribution in [1.82, 2.24) is 20.1 Å². The third kappa shape index (κ3) is 5.87. The summed E-state index contributed by atoms with van der Waals surface area (Å²) in [4.78, 5) is 16.9. The summed E-state index contributed by atoms with van der Waals surface area (Å²) in [6.07, 6.45) is 1.19. The maximum absolute atomic E-state index is 13.5. The number of carbonyl (C=O) groups excluding carboxylic acids is 1. The van der Waals surface area contributed by atoms with E-state index < -0.39 is 11.9 Å². The summed E-state index contributed by atoms with van der Waals surface area (Å²) >= 11 is 1.26. The molecule has 3 aromatic rings. The van der Waals surface area contributed by atoms with Crippen LogP contribution in [-0.4, -0.2) is 55.5 Å². The van der Waals surface area contributed by atoms with Crippen LogP contribution in [0.3, 0.4) is 0 Å². The molecule has 2 saturated carbocycles. The van der Waals surface area contributed by atoms with Crippen molar-refractivity contribution in [3.63, 3.8) is 0 Å². The van der Waals surface area contributed by atoms with Crippen LogP contribution in [0.2, 0.25) is 0 Å². The number of nitrogens with two attached hydrogens (primary N) is 1. The topological polar surface area (TPSA) is 97.9 Å². The first-order valence-corrected chi connectivity index (χ1v) is 14.5. The number of benzene rings is 1. The van der Waals surface area contributed by atoms with Crippen LogP contribution in [0.15, 0.2) is 30.3 Å². The van der Waals surface area contributed by atoms with Gasteiger partial charge in [-0.2, -0.15) is 0 Å². The van der Waals surface area contributed by atoms with E-state index in [-0.39, 0.29) is 27.1 Å². The van der Waals surface area contributed by atoms with Crippen LogP contribution < -0.4 is 16.4 Å². The van der Waals surface area contributed by atoms with E-state index in [1.165, 1.54) is 31.1 Å². The summed E-state index contributed by atoms with van der Waals surface area (Å²) in [5.74, 6) is 0.596. The van der Waals surface area contributed by atoms with Gasteiger partial charge in [-0.1, -0.05) is 0 Å². The van der Waals surface area contributed by atoms with Crippen LogP contribution >= 0.6 is 0 Å². The molecule has 0 saturated heterocycles. The van der Waals surface area contributed by atoms with Crippen molar-refractivity contribution < 1.29 is 18.0 Å². The minimum atomic E-state index is -4.55. The Bertz CT molecular complexity index is 1310. The van der Waals surface area contributed by atoms with E-state index in [9.17, 15) is 18.0 Å². The number of hydrogen-bond acceptors (Lipinski definition) is 5. The van der Waals surface area contributed by atoms with E-state index in [0.29, 0.717) is 34.9 Å². The van der Waals surface area contributed by atoms with Gasteiger partial charge >= 0.3 is 230 Å². The predicted molar refractivity (Wildman–Crippen MR) is 137 cm³/mol. The Labute approximate surface area is 228 Å². The summed E-state index contributed by atoms with van der Waals surface area (Å²) in [5.41, 5.74) is 7.70. The molecule has 2 fully saturated rings. The van der Waals surface area contributed by atoms with Gasteiger partial charge < -0.3 is 0 Å². The molecule has 0 bridgehead atoms. The molecule has 3 atom stereocenters. The van der Waals surface area contributed by atoms with Gasteiger partial charge in [0.1, 0.15) is 0 Å². The normalized spacial score (nSPS) is 21.1. The molecule has 1 amide bonds. The number of nitrogens with one attached hydrogen (secondary N) is 2. The molecule has 1 aromatic carbocycles. The predicted octanol–water partition coefficient (Wildman–Crippen LogP) is 4.82. The summed E-state index contributed by atoms with van der Waals surface area (Å²) in [7, 11) is 0. The fourth-order valence-corrected chi connectivity index (χ4v) is 6.50. The first-order chi connectivity index (χ1) is 17.6. The van der Waals surface area contributed by atoms with Crippen molar-refractivity contribution in [3.8, 4) is 0 Å². The first-order valence-electron chi connectivity index (χ1n) is 12.7. The number of nitrogen functional groups attached to an aromatic ring is 1. The van der Waals surface area contributed by atoms with Gasteiger partial charge in [0.05, 0.1) is 0 Å². The molecule has 2 unspecified atom stereocenters. The van der Waals surface area contributed by atoms with Crippen molar-refractivity contribution in [1.29, 1.82) is 0 Å². The van der Waals surface area contributed by atoms with Crippen LogP contribution in [0.1, 0.15) is 73.2 Å². The molecular weight excluding hydrogens is 678 g/mol. The monoisotopic (exact) mass is 708 g/mol. The van der Waals surface area contributed by atoms with Crippen molar-refractivity contribution in [2.45, 2.75) is 73.8 Å². The third-order valence-electron chi connectivity index (χ3n) is 7.23. The average molecular weight is 709 g/mol. The Morgan fingerprint density at radius 2 is 2.00 bits per heavy atom. The minimum absolute atomic E-state index is 0.00255. The van der Waals surface area contributed by atoms with E-state index in [4.69, 9.17) is 5.73 Å². The molecule has 2 aliphatic rings. The van der Waals surface area contributed by atoms with E-state index >= 15 is 0 Å². The number of anilines is 2. The van der Waals surface area contributed by atoms with Crippen LogP contribution in [-0.2, 0) is 12.7 Å². The second-order valence-electron chi connectivity index (χ2n) is 10.0. The molecule has 11 heteroatoms. The van der Waals surface area contributed by atoms with Crippen molar-refractivity contribution in [2.75, 3.05) is 11.1 Å². The summed E-state index contributed by atoms with van der Waals surface area (Å²) in [6, 6.07) is 7.71. The fourth-order valence-electron chi connectivity index (χ4n) is 5.12. The molecule has 0 spiro atoms. The van der Waals surface area contributed by atoms with E-state index in [0.717, 1.165) is 50.3 Å². The maximum atomic E-state index is 13.5. The van der Waals surface area contributed by atoms with Crippen LogP contribution in [0, 0.1) is 5.92 Å². The molecule has 5 rings (SSSR count). The van der Waals surface area contributed by atoms with Gasteiger partial charge in [-0.05, 0) is 0 Å². The summed E-state index contributed by atoms with van der Waals surface area (Å²) in [6.45, 7) is 2.61. The Morgan fingerprint density at radius 1 is 1.22 bits per heavy atom. The van der Waals surface area contributed by atoms with Gasteiger partial charge in [0.2, 0.25) is 0 Å². The fraction of sp³-hybridized carbons (Fsp3) is 0.500. The average Bonchev–Trinajstić information content (AvgIpc) is 3.62. The molecule has 2 aliphatic carbocycles. The molecule has 197 valence electrons. The Hall–Kier alpha value is -2.40. The number of nitrogens with zero attached hydrogens (tertiary/aromatic N) is 3. The van der Waals surface area contributed by atoms with Crippen molar-refractivity contribution in [2.24, 2.45) is 5.92 Å². The Kier molecular flexibility index (Phi) is 7.37. The number of aromatic nitrogens is 3. The van der Waals surface area contributed by atoms with Crippen molar-refractivity contribution in [3.05, 3.63) is 47.4 Å². The van der Waals surface area contributed by atoms with Gasteiger partial charge in [0.15, 0.2) is 0 Å². The SMILES string of the molecule is CCn1nc(C2CC2)cc1C(=O)N[CH]([Po])C1CCC[C@H](Nc2cc(C(F)(F)F)nc3ccc(N)cc23)C1. The first kappa shape index (κ1) is 26.2. The number of amides is 1. The summed E-state index contributed by atoms with van der Waals surface area (Å²) < 4.78 is 42.4. The standard InChI is InChI=1S/C26H30F3N6O.Po/c1-2-35-23(12-21(34-35)16-6-7-16)25(36)31-14-15-4-3-5-18(10-15)32-22-13-24(26(27,28)29)33-20-9-8-17(30)11-19(20)22;/h8-9,11-16,18H,2-7,10,30H2,1H3,(H,31,36)(H,32,33);/t15?,18-;/m0./s1. The number of fused-ring (bicyclic) bond motifs is 1. The molecule has 7 nitrogen and oxygen atoms in total. The van der Waals surface area contributed by atoms with E-state index in [2.05, 4.69) is 20.7 Å². The van der Waals surface area contributed by atoms with E-state index in [1.807, 2.05) is 13.0 Å². The van der Waals surface area contributed by atoms with Gasteiger partial charge in [-0.25, -0.2) is 0 Å². The molecule has 37 heavy (non-hydrogen) atoms. The molecule has 2 heterocycles. The number of alkyl halides is 3. The van der Waals surface area contributed by atoms with Gasteiger partial charge in [0, 0.05) is 0 Å². The zero-order chi connectivity index (χ0) is 26.3.